The van der Waals surface area contributed by atoms with Crippen molar-refractivity contribution >= 4 is 51.7 Å². The summed E-state index contributed by atoms with van der Waals surface area (Å²) < 4.78 is 0. The van der Waals surface area contributed by atoms with Crippen LogP contribution in [-0.4, -0.2) is 28.1 Å². The number of rotatable bonds is 7. The monoisotopic (exact) mass is 434 g/mol. The molecule has 3 aromatic carbocycles. The summed E-state index contributed by atoms with van der Waals surface area (Å²) in [6.45, 7) is 3.19. The van der Waals surface area contributed by atoms with Gasteiger partial charge in [0.15, 0.2) is 0 Å². The number of hydrogen-bond acceptors (Lipinski definition) is 4. The van der Waals surface area contributed by atoms with Crippen molar-refractivity contribution in [3.05, 3.63) is 78.4 Å². The van der Waals surface area contributed by atoms with Crippen LogP contribution in [0.5, 0.6) is 0 Å². The molecule has 6 nitrogen and oxygen atoms in total. The van der Waals surface area contributed by atoms with E-state index in [0.29, 0.717) is 5.69 Å². The molecule has 0 spiro atoms. The maximum Gasteiger partial charge on any atom is 0.331 e. The lowest BCUT2D eigenvalue weighted by molar-refractivity contribution is -0.132. The SMILES string of the molecule is C/C(=C/C(=O)Nc1ccc(S[C@H](C)C(=O)Nc2cccc3ccccc23)cc1)C(=O)O. The summed E-state index contributed by atoms with van der Waals surface area (Å²) in [5.74, 6) is -1.76. The zero-order valence-corrected chi connectivity index (χ0v) is 17.9. The third kappa shape index (κ3) is 5.96. The van der Waals surface area contributed by atoms with E-state index < -0.39 is 11.9 Å². The summed E-state index contributed by atoms with van der Waals surface area (Å²) in [5, 5.41) is 16.2. The number of amides is 2. The lowest BCUT2D eigenvalue weighted by atomic mass is 10.1. The van der Waals surface area contributed by atoms with E-state index in [1.54, 1.807) is 24.3 Å². The van der Waals surface area contributed by atoms with E-state index in [9.17, 15) is 14.4 Å². The Morgan fingerprint density at radius 3 is 2.32 bits per heavy atom. The van der Waals surface area contributed by atoms with E-state index in [0.717, 1.165) is 27.4 Å². The number of aliphatic carboxylic acids is 1. The summed E-state index contributed by atoms with van der Waals surface area (Å²) in [7, 11) is 0. The lowest BCUT2D eigenvalue weighted by Crippen LogP contribution is -2.22. The molecule has 7 heteroatoms. The quantitative estimate of drug-likeness (QED) is 0.362. The van der Waals surface area contributed by atoms with Gasteiger partial charge in [-0.3, -0.25) is 9.59 Å². The summed E-state index contributed by atoms with van der Waals surface area (Å²) in [4.78, 5) is 36.2. The van der Waals surface area contributed by atoms with Crippen molar-refractivity contribution in [3.63, 3.8) is 0 Å². The van der Waals surface area contributed by atoms with E-state index in [2.05, 4.69) is 10.6 Å². The lowest BCUT2D eigenvalue weighted by Gasteiger charge is -2.14. The zero-order valence-electron chi connectivity index (χ0n) is 17.1. The van der Waals surface area contributed by atoms with Gasteiger partial charge >= 0.3 is 5.97 Å². The number of carboxylic acid groups (broad SMARTS) is 1. The molecule has 3 rings (SSSR count). The third-order valence-electron chi connectivity index (χ3n) is 4.54. The van der Waals surface area contributed by atoms with E-state index >= 15 is 0 Å². The van der Waals surface area contributed by atoms with Crippen molar-refractivity contribution in [1.29, 1.82) is 0 Å². The van der Waals surface area contributed by atoms with Gasteiger partial charge in [-0.15, -0.1) is 11.8 Å². The molecule has 0 radical (unpaired) electrons. The molecule has 0 aliphatic rings. The van der Waals surface area contributed by atoms with Crippen molar-refractivity contribution in [2.24, 2.45) is 0 Å². The Morgan fingerprint density at radius 2 is 1.61 bits per heavy atom. The number of thioether (sulfide) groups is 1. The fourth-order valence-electron chi connectivity index (χ4n) is 2.88. The van der Waals surface area contributed by atoms with E-state index in [-0.39, 0.29) is 16.7 Å². The standard InChI is InChI=1S/C24H22N2O4S/c1-15(24(29)30)14-22(27)25-18-10-12-19(13-11-18)31-16(2)23(28)26-21-9-5-7-17-6-3-4-8-20(17)21/h3-14,16H,1-2H3,(H,25,27)(H,26,28)(H,29,30)/b15-14-/t16-/m1/s1. The third-order valence-corrected chi connectivity index (χ3v) is 5.65. The summed E-state index contributed by atoms with van der Waals surface area (Å²) in [6.07, 6.45) is 1.03. The number of carboxylic acids is 1. The van der Waals surface area contributed by atoms with E-state index in [1.165, 1.54) is 18.7 Å². The van der Waals surface area contributed by atoms with Gasteiger partial charge in [-0.2, -0.15) is 0 Å². The fourth-order valence-corrected chi connectivity index (χ4v) is 3.75. The first-order chi connectivity index (χ1) is 14.8. The molecule has 0 heterocycles. The minimum atomic E-state index is -1.14. The molecule has 0 aromatic heterocycles. The second kappa shape index (κ2) is 9.95. The van der Waals surface area contributed by atoms with Gasteiger partial charge in [-0.1, -0.05) is 36.4 Å². The molecule has 0 aliphatic heterocycles. The summed E-state index contributed by atoms with van der Waals surface area (Å²) in [6, 6.07) is 20.7. The highest BCUT2D eigenvalue weighted by atomic mass is 32.2. The molecule has 0 aliphatic carbocycles. The minimum absolute atomic E-state index is 0.0456. The average molecular weight is 435 g/mol. The predicted molar refractivity (Wildman–Crippen MR) is 124 cm³/mol. The summed E-state index contributed by atoms with van der Waals surface area (Å²) >= 11 is 1.40. The minimum Gasteiger partial charge on any atom is -0.478 e. The van der Waals surface area contributed by atoms with E-state index in [1.807, 2.05) is 49.4 Å². The topological polar surface area (TPSA) is 95.5 Å². The van der Waals surface area contributed by atoms with Gasteiger partial charge in [0, 0.05) is 33.3 Å². The number of carbonyl (C=O) groups excluding carboxylic acids is 2. The molecule has 2 amide bonds. The number of nitrogens with one attached hydrogen (secondary N) is 2. The van der Waals surface area contributed by atoms with Crippen LogP contribution < -0.4 is 10.6 Å². The van der Waals surface area contributed by atoms with Gasteiger partial charge in [-0.25, -0.2) is 4.79 Å². The highest BCUT2D eigenvalue weighted by Gasteiger charge is 2.16. The van der Waals surface area contributed by atoms with Crippen molar-refractivity contribution in [1.82, 2.24) is 0 Å². The van der Waals surface area contributed by atoms with Crippen LogP contribution in [0.15, 0.2) is 83.3 Å². The average Bonchev–Trinajstić information content (AvgIpc) is 2.75. The van der Waals surface area contributed by atoms with Crippen LogP contribution in [0.25, 0.3) is 10.8 Å². The van der Waals surface area contributed by atoms with Gasteiger partial charge in [0.25, 0.3) is 0 Å². The Hall–Kier alpha value is -3.58. The Bertz CT molecular complexity index is 1150. The Labute approximate surface area is 184 Å². The largest absolute Gasteiger partial charge is 0.478 e. The van der Waals surface area contributed by atoms with Crippen molar-refractivity contribution in [2.45, 2.75) is 24.0 Å². The molecule has 1 atom stereocenters. The predicted octanol–water partition coefficient (Wildman–Crippen LogP) is 4.93. The highest BCUT2D eigenvalue weighted by molar-refractivity contribution is 8.00. The van der Waals surface area contributed by atoms with Gasteiger partial charge < -0.3 is 15.7 Å². The van der Waals surface area contributed by atoms with Crippen LogP contribution in [0.2, 0.25) is 0 Å². The molecular weight excluding hydrogens is 412 g/mol. The van der Waals surface area contributed by atoms with Crippen LogP contribution >= 0.6 is 11.8 Å². The van der Waals surface area contributed by atoms with Crippen molar-refractivity contribution in [3.8, 4) is 0 Å². The summed E-state index contributed by atoms with van der Waals surface area (Å²) in [5.41, 5.74) is 1.27. The first-order valence-electron chi connectivity index (χ1n) is 9.61. The molecule has 0 unspecified atom stereocenters. The molecule has 158 valence electrons. The van der Waals surface area contributed by atoms with Crippen LogP contribution in [0.3, 0.4) is 0 Å². The smallest absolute Gasteiger partial charge is 0.331 e. The highest BCUT2D eigenvalue weighted by Crippen LogP contribution is 2.27. The molecule has 0 saturated heterocycles. The maximum atomic E-state index is 12.7. The number of fused-ring (bicyclic) bond motifs is 1. The first kappa shape index (κ1) is 22.1. The molecule has 0 saturated carbocycles. The van der Waals surface area contributed by atoms with Crippen molar-refractivity contribution < 1.29 is 19.5 Å². The zero-order chi connectivity index (χ0) is 22.4. The molecule has 0 bridgehead atoms. The first-order valence-corrected chi connectivity index (χ1v) is 10.5. The Morgan fingerprint density at radius 1 is 0.935 bits per heavy atom. The Kier molecular flexibility index (Phi) is 7.10. The molecule has 3 aromatic rings. The number of anilines is 2. The molecule has 31 heavy (non-hydrogen) atoms. The normalized spacial score (nSPS) is 12.3. The van der Waals surface area contributed by atoms with Gasteiger partial charge in [-0.05, 0) is 49.6 Å². The van der Waals surface area contributed by atoms with Crippen LogP contribution in [0, 0.1) is 0 Å². The van der Waals surface area contributed by atoms with Crippen LogP contribution in [0.4, 0.5) is 11.4 Å². The number of carbonyl (C=O) groups is 3. The van der Waals surface area contributed by atoms with Crippen LogP contribution in [0.1, 0.15) is 13.8 Å². The molecular formula is C24H22N2O4S. The number of benzene rings is 3. The van der Waals surface area contributed by atoms with E-state index in [4.69, 9.17) is 5.11 Å². The second-order valence-electron chi connectivity index (χ2n) is 6.92. The molecule has 3 N–H and O–H groups in total. The van der Waals surface area contributed by atoms with Gasteiger partial charge in [0.1, 0.15) is 0 Å². The molecule has 0 fully saturated rings. The fraction of sp³-hybridized carbons (Fsp3) is 0.125. The van der Waals surface area contributed by atoms with Gasteiger partial charge in [0.05, 0.1) is 5.25 Å². The van der Waals surface area contributed by atoms with Crippen molar-refractivity contribution in [2.75, 3.05) is 10.6 Å². The maximum absolute atomic E-state index is 12.7. The van der Waals surface area contributed by atoms with Crippen LogP contribution in [-0.2, 0) is 14.4 Å². The second-order valence-corrected chi connectivity index (χ2v) is 8.34. The Balaban J connectivity index is 1.60. The number of hydrogen-bond donors (Lipinski definition) is 3. The van der Waals surface area contributed by atoms with Gasteiger partial charge in [0.2, 0.25) is 11.8 Å².